The highest BCUT2D eigenvalue weighted by Gasteiger charge is 2.26. The van der Waals surface area contributed by atoms with Gasteiger partial charge in [-0.15, -0.1) is 0 Å². The molecule has 0 saturated carbocycles. The van der Waals surface area contributed by atoms with Crippen LogP contribution in [0.5, 0.6) is 0 Å². The van der Waals surface area contributed by atoms with Crippen molar-refractivity contribution in [3.63, 3.8) is 0 Å². The number of hydrogen-bond donors (Lipinski definition) is 0. The van der Waals surface area contributed by atoms with Gasteiger partial charge in [0.05, 0.1) is 40.8 Å². The van der Waals surface area contributed by atoms with Crippen LogP contribution in [0, 0.1) is 17.6 Å². The van der Waals surface area contributed by atoms with Crippen LogP contribution in [-0.2, 0) is 22.4 Å². The van der Waals surface area contributed by atoms with E-state index in [0.29, 0.717) is 36.0 Å². The zero-order valence-corrected chi connectivity index (χ0v) is 18.9. The maximum Gasteiger partial charge on any atom is 0.337 e. The van der Waals surface area contributed by atoms with Gasteiger partial charge in [-0.3, -0.25) is 0 Å². The normalized spacial score (nSPS) is 18.6. The molecular weight excluding hydrogens is 470 g/mol. The van der Waals surface area contributed by atoms with Crippen molar-refractivity contribution in [2.45, 2.75) is 38.8 Å². The molecule has 4 rings (SSSR count). The molecule has 1 aromatic heterocycles. The largest absolute Gasteiger partial charge is 0.465 e. The van der Waals surface area contributed by atoms with E-state index in [-0.39, 0.29) is 22.6 Å². The summed E-state index contributed by atoms with van der Waals surface area (Å²) in [5.41, 5.74) is 2.02. The molecule has 1 aliphatic rings. The summed E-state index contributed by atoms with van der Waals surface area (Å²) in [5, 5.41) is 0. The molecule has 2 aromatic carbocycles. The summed E-state index contributed by atoms with van der Waals surface area (Å²) < 4.78 is 41.4. The van der Waals surface area contributed by atoms with Crippen LogP contribution in [0.1, 0.15) is 41.5 Å². The fourth-order valence-electron chi connectivity index (χ4n) is 4.02. The molecule has 8 heteroatoms. The van der Waals surface area contributed by atoms with Crippen LogP contribution in [0.25, 0.3) is 11.0 Å². The van der Waals surface area contributed by atoms with E-state index in [1.165, 1.54) is 13.2 Å². The van der Waals surface area contributed by atoms with E-state index < -0.39 is 17.6 Å². The van der Waals surface area contributed by atoms with Gasteiger partial charge in [0.25, 0.3) is 0 Å². The predicted molar refractivity (Wildman–Crippen MR) is 116 cm³/mol. The number of hydrogen-bond acceptors (Lipinski definition) is 4. The second-order valence-corrected chi connectivity index (χ2v) is 8.69. The van der Waals surface area contributed by atoms with E-state index >= 15 is 0 Å². The van der Waals surface area contributed by atoms with Crippen LogP contribution in [0.15, 0.2) is 34.8 Å². The van der Waals surface area contributed by atoms with Crippen molar-refractivity contribution in [1.82, 2.24) is 9.55 Å². The number of imidazole rings is 1. The van der Waals surface area contributed by atoms with Gasteiger partial charge >= 0.3 is 5.97 Å². The van der Waals surface area contributed by atoms with E-state index in [9.17, 15) is 13.6 Å². The van der Waals surface area contributed by atoms with Gasteiger partial charge in [-0.2, -0.15) is 0 Å². The highest BCUT2D eigenvalue weighted by atomic mass is 79.9. The fourth-order valence-corrected chi connectivity index (χ4v) is 4.34. The van der Waals surface area contributed by atoms with Crippen LogP contribution >= 0.6 is 15.9 Å². The van der Waals surface area contributed by atoms with Crippen molar-refractivity contribution in [3.8, 4) is 0 Å². The van der Waals surface area contributed by atoms with Crippen molar-refractivity contribution in [1.29, 1.82) is 0 Å². The van der Waals surface area contributed by atoms with Gasteiger partial charge in [-0.25, -0.2) is 18.6 Å². The Morgan fingerprint density at radius 1 is 1.29 bits per heavy atom. The molecule has 2 unspecified atom stereocenters. The smallest absolute Gasteiger partial charge is 0.337 e. The number of carbonyl (C=O) groups is 1. The van der Waals surface area contributed by atoms with E-state index in [4.69, 9.17) is 9.47 Å². The first-order valence-electron chi connectivity index (χ1n) is 10.2. The van der Waals surface area contributed by atoms with E-state index in [0.717, 1.165) is 24.4 Å². The maximum absolute atomic E-state index is 14.5. The number of rotatable bonds is 6. The molecule has 0 radical (unpaired) electrons. The van der Waals surface area contributed by atoms with E-state index in [2.05, 4.69) is 27.8 Å². The van der Waals surface area contributed by atoms with Gasteiger partial charge in [0.15, 0.2) is 0 Å². The van der Waals surface area contributed by atoms with Crippen molar-refractivity contribution >= 4 is 32.9 Å². The topological polar surface area (TPSA) is 53.4 Å². The third-order valence-corrected chi connectivity index (χ3v) is 6.42. The molecule has 0 aliphatic carbocycles. The van der Waals surface area contributed by atoms with Crippen molar-refractivity contribution < 1.29 is 23.0 Å². The van der Waals surface area contributed by atoms with Crippen LogP contribution in [0.3, 0.4) is 0 Å². The fraction of sp³-hybridized carbons (Fsp3) is 0.391. The van der Waals surface area contributed by atoms with Crippen molar-refractivity contribution in [2.75, 3.05) is 13.7 Å². The second kappa shape index (κ2) is 9.04. The van der Waals surface area contributed by atoms with Gasteiger partial charge in [0.1, 0.15) is 17.5 Å². The predicted octanol–water partition coefficient (Wildman–Crippen LogP) is 5.27. The Bertz CT molecular complexity index is 1130. The maximum atomic E-state index is 14.5. The minimum atomic E-state index is -0.531. The average molecular weight is 493 g/mol. The number of carbonyl (C=O) groups excluding carboxylic acids is 1. The van der Waals surface area contributed by atoms with Crippen LogP contribution in [0.2, 0.25) is 0 Å². The zero-order chi connectivity index (χ0) is 22.1. The summed E-state index contributed by atoms with van der Waals surface area (Å²) in [5.74, 6) is -0.393. The van der Waals surface area contributed by atoms with Gasteiger partial charge in [-0.05, 0) is 64.2 Å². The molecule has 5 nitrogen and oxygen atoms in total. The summed E-state index contributed by atoms with van der Waals surface area (Å²) >= 11 is 3.01. The lowest BCUT2D eigenvalue weighted by molar-refractivity contribution is 0.0601. The molecule has 0 spiro atoms. The molecule has 0 bridgehead atoms. The Labute approximate surface area is 187 Å². The molecule has 0 N–H and O–H groups in total. The third kappa shape index (κ3) is 4.50. The zero-order valence-electron chi connectivity index (χ0n) is 17.3. The number of halogens is 3. The minimum Gasteiger partial charge on any atom is -0.465 e. The summed E-state index contributed by atoms with van der Waals surface area (Å²) in [7, 11) is 1.33. The highest BCUT2D eigenvalue weighted by Crippen LogP contribution is 2.28. The molecule has 164 valence electrons. The van der Waals surface area contributed by atoms with Crippen LogP contribution in [-0.4, -0.2) is 35.3 Å². The quantitative estimate of drug-likeness (QED) is 0.347. The number of methoxy groups -OCH3 is 1. The molecule has 0 amide bonds. The van der Waals surface area contributed by atoms with E-state index in [1.807, 2.05) is 4.57 Å². The molecule has 1 saturated heterocycles. The highest BCUT2D eigenvalue weighted by molar-refractivity contribution is 9.10. The second-order valence-electron chi connectivity index (χ2n) is 7.83. The number of benzene rings is 2. The molecule has 31 heavy (non-hydrogen) atoms. The number of esters is 1. The number of ether oxygens (including phenoxy) is 2. The molecule has 1 aliphatic heterocycles. The Kier molecular flexibility index (Phi) is 6.39. The Balaban J connectivity index is 1.76. The number of fused-ring (bicyclic) bond motifs is 1. The monoisotopic (exact) mass is 492 g/mol. The van der Waals surface area contributed by atoms with Gasteiger partial charge in [-0.1, -0.05) is 13.3 Å². The lowest BCUT2D eigenvalue weighted by Crippen LogP contribution is -2.18. The SMILES string of the molecule is CCC1COC(Cn2c(Cc3cc(F)c(Br)cc3F)nc3ccc(C(=O)OC)cc32)C1. The Hall–Kier alpha value is -2.32. The van der Waals surface area contributed by atoms with Crippen LogP contribution in [0.4, 0.5) is 8.78 Å². The summed E-state index contributed by atoms with van der Waals surface area (Å²) in [6.07, 6.45) is 2.08. The molecule has 2 atom stereocenters. The first-order chi connectivity index (χ1) is 14.9. The van der Waals surface area contributed by atoms with Crippen molar-refractivity contribution in [3.05, 3.63) is 63.4 Å². The molecule has 1 fully saturated rings. The van der Waals surface area contributed by atoms with E-state index in [1.54, 1.807) is 18.2 Å². The minimum absolute atomic E-state index is 0.00520. The lowest BCUT2D eigenvalue weighted by Gasteiger charge is -2.15. The summed E-state index contributed by atoms with van der Waals surface area (Å²) in [4.78, 5) is 16.7. The van der Waals surface area contributed by atoms with Gasteiger partial charge in [0, 0.05) is 13.0 Å². The molecular formula is C23H23BrF2N2O3. The third-order valence-electron chi connectivity index (χ3n) is 5.81. The lowest BCUT2D eigenvalue weighted by atomic mass is 10.0. The molecule has 3 aromatic rings. The van der Waals surface area contributed by atoms with Crippen LogP contribution < -0.4 is 0 Å². The summed E-state index contributed by atoms with van der Waals surface area (Å²) in [6.45, 7) is 3.37. The van der Waals surface area contributed by atoms with Gasteiger partial charge < -0.3 is 14.0 Å². The van der Waals surface area contributed by atoms with Crippen molar-refractivity contribution in [2.24, 2.45) is 5.92 Å². The van der Waals surface area contributed by atoms with Gasteiger partial charge in [0.2, 0.25) is 0 Å². The average Bonchev–Trinajstić information content (AvgIpc) is 3.36. The Morgan fingerprint density at radius 3 is 2.81 bits per heavy atom. The Morgan fingerprint density at radius 2 is 2.10 bits per heavy atom. The first-order valence-corrected chi connectivity index (χ1v) is 11.0. The summed E-state index contributed by atoms with van der Waals surface area (Å²) in [6, 6.07) is 7.42. The number of aromatic nitrogens is 2. The first kappa shape index (κ1) is 21.9. The standard InChI is InChI=1S/C23H23BrF2N2O3/c1-3-13-6-16(31-12-13)11-28-21-8-14(23(29)30-2)4-5-20(21)27-22(28)9-15-7-19(26)17(24)10-18(15)25/h4-5,7-8,10,13,16H,3,6,9,11-12H2,1-2H3. The number of nitrogens with zero attached hydrogens (tertiary/aromatic N) is 2. The molecule has 2 heterocycles.